The van der Waals surface area contributed by atoms with Crippen LogP contribution in [0.4, 0.5) is 5.69 Å². The fraction of sp³-hybridized carbons (Fsp3) is 0.550. The van der Waals surface area contributed by atoms with Gasteiger partial charge in [-0.25, -0.2) is 4.68 Å². The number of para-hydroxylation sites is 1. The van der Waals surface area contributed by atoms with Crippen molar-refractivity contribution < 1.29 is 4.79 Å². The summed E-state index contributed by atoms with van der Waals surface area (Å²) >= 11 is 0. The number of piperidine rings is 1. The first-order valence-corrected chi connectivity index (χ1v) is 9.83. The molecule has 7 nitrogen and oxygen atoms in total. The highest BCUT2D eigenvalue weighted by molar-refractivity contribution is 5.93. The van der Waals surface area contributed by atoms with Gasteiger partial charge in [0.25, 0.3) is 5.91 Å². The highest BCUT2D eigenvalue weighted by atomic mass is 35.5. The van der Waals surface area contributed by atoms with E-state index in [-0.39, 0.29) is 30.7 Å². The van der Waals surface area contributed by atoms with Crippen LogP contribution in [0.25, 0.3) is 0 Å². The number of rotatable bonds is 8. The van der Waals surface area contributed by atoms with Gasteiger partial charge in [0.2, 0.25) is 0 Å². The molecular weight excluding hydrogens is 411 g/mol. The number of carbonyl (C=O) groups excluding carboxylic acids is 1. The van der Waals surface area contributed by atoms with Gasteiger partial charge < -0.3 is 15.5 Å². The summed E-state index contributed by atoms with van der Waals surface area (Å²) in [4.78, 5) is 14.7. The molecule has 1 aromatic carbocycles. The normalized spacial score (nSPS) is 13.9. The number of hydrogen-bond acceptors (Lipinski definition) is 5. The molecule has 0 bridgehead atoms. The molecule has 162 valence electrons. The molecule has 1 saturated heterocycles. The van der Waals surface area contributed by atoms with E-state index in [1.165, 1.54) is 5.69 Å². The molecule has 1 fully saturated rings. The van der Waals surface area contributed by atoms with E-state index in [1.54, 1.807) is 0 Å². The Hall–Kier alpha value is -1.83. The molecule has 0 spiro atoms. The van der Waals surface area contributed by atoms with Crippen LogP contribution in [0.5, 0.6) is 0 Å². The first kappa shape index (κ1) is 25.2. The van der Waals surface area contributed by atoms with E-state index in [0.717, 1.165) is 51.0 Å². The molecule has 0 atom stereocenters. The maximum atomic E-state index is 12.4. The Morgan fingerprint density at radius 1 is 1.21 bits per heavy atom. The fourth-order valence-electron chi connectivity index (χ4n) is 3.52. The number of benzene rings is 1. The third-order valence-electron chi connectivity index (χ3n) is 5.20. The summed E-state index contributed by atoms with van der Waals surface area (Å²) in [6.07, 6.45) is 4.01. The summed E-state index contributed by atoms with van der Waals surface area (Å²) in [5.41, 5.74) is 2.53. The third-order valence-corrected chi connectivity index (χ3v) is 5.20. The Kier molecular flexibility index (Phi) is 11.0. The topological polar surface area (TPSA) is 75.1 Å². The predicted molar refractivity (Wildman–Crippen MR) is 122 cm³/mol. The quantitative estimate of drug-likeness (QED) is 0.614. The molecule has 3 rings (SSSR count). The SMILES string of the molecule is Cc1c(C(=O)NCCCCN(C)c2ccccc2)nnn1C1CCNCC1.Cl.Cl. The first-order chi connectivity index (χ1) is 13.2. The summed E-state index contributed by atoms with van der Waals surface area (Å²) < 4.78 is 1.92. The fourth-order valence-corrected chi connectivity index (χ4v) is 3.52. The number of unbranched alkanes of at least 4 members (excludes halogenated alkanes) is 1. The number of hydrogen-bond donors (Lipinski definition) is 2. The number of carbonyl (C=O) groups is 1. The van der Waals surface area contributed by atoms with Crippen LogP contribution < -0.4 is 15.5 Å². The van der Waals surface area contributed by atoms with Crippen LogP contribution in [0, 0.1) is 6.92 Å². The zero-order valence-corrected chi connectivity index (χ0v) is 18.8. The van der Waals surface area contributed by atoms with E-state index >= 15 is 0 Å². The molecule has 1 amide bonds. The molecule has 2 N–H and O–H groups in total. The minimum Gasteiger partial charge on any atom is -0.375 e. The highest BCUT2D eigenvalue weighted by Crippen LogP contribution is 2.20. The van der Waals surface area contributed by atoms with Crippen molar-refractivity contribution in [1.29, 1.82) is 0 Å². The van der Waals surface area contributed by atoms with Crippen molar-refractivity contribution in [1.82, 2.24) is 25.6 Å². The molecule has 1 aromatic heterocycles. The van der Waals surface area contributed by atoms with Gasteiger partial charge in [-0.1, -0.05) is 23.4 Å². The zero-order chi connectivity index (χ0) is 19.1. The standard InChI is InChI=1S/C20H30N6O.2ClH/c1-16-19(23-24-26(16)18-10-13-21-14-11-18)20(27)22-12-6-7-15-25(2)17-8-4-3-5-9-17;;/h3-5,8-9,18,21H,6-7,10-15H2,1-2H3,(H,22,27);2*1H. The van der Waals surface area contributed by atoms with Gasteiger partial charge in [0, 0.05) is 25.8 Å². The molecule has 0 unspecified atom stereocenters. The third kappa shape index (κ3) is 6.87. The van der Waals surface area contributed by atoms with Crippen molar-refractivity contribution in [3.8, 4) is 0 Å². The van der Waals surface area contributed by atoms with Crippen molar-refractivity contribution in [3.63, 3.8) is 0 Å². The van der Waals surface area contributed by atoms with Gasteiger partial charge in [0.15, 0.2) is 5.69 Å². The van der Waals surface area contributed by atoms with Crippen LogP contribution in [-0.4, -0.2) is 54.1 Å². The minimum atomic E-state index is -0.121. The second kappa shape index (κ2) is 12.7. The van der Waals surface area contributed by atoms with Gasteiger partial charge in [-0.05, 0) is 57.8 Å². The Bertz CT molecular complexity index is 734. The van der Waals surface area contributed by atoms with E-state index < -0.39 is 0 Å². The Balaban J connectivity index is 0.00000210. The summed E-state index contributed by atoms with van der Waals surface area (Å²) in [5.74, 6) is -0.121. The van der Waals surface area contributed by atoms with Gasteiger partial charge in [-0.15, -0.1) is 29.9 Å². The van der Waals surface area contributed by atoms with Gasteiger partial charge in [0.05, 0.1) is 11.7 Å². The highest BCUT2D eigenvalue weighted by Gasteiger charge is 2.22. The van der Waals surface area contributed by atoms with Gasteiger partial charge in [-0.3, -0.25) is 4.79 Å². The largest absolute Gasteiger partial charge is 0.375 e. The van der Waals surface area contributed by atoms with Crippen LogP contribution >= 0.6 is 24.8 Å². The maximum absolute atomic E-state index is 12.4. The minimum absolute atomic E-state index is 0. The number of anilines is 1. The van der Waals surface area contributed by atoms with Crippen LogP contribution in [-0.2, 0) is 0 Å². The van der Waals surface area contributed by atoms with E-state index in [2.05, 4.69) is 45.0 Å². The van der Waals surface area contributed by atoms with Crippen LogP contribution in [0.1, 0.15) is 47.9 Å². The van der Waals surface area contributed by atoms with E-state index in [9.17, 15) is 4.79 Å². The molecule has 0 saturated carbocycles. The maximum Gasteiger partial charge on any atom is 0.273 e. The Labute approximate surface area is 185 Å². The number of halogens is 2. The van der Waals surface area contributed by atoms with Crippen LogP contribution in [0.3, 0.4) is 0 Å². The monoisotopic (exact) mass is 442 g/mol. The second-order valence-electron chi connectivity index (χ2n) is 7.17. The summed E-state index contributed by atoms with van der Waals surface area (Å²) in [7, 11) is 2.09. The van der Waals surface area contributed by atoms with Crippen LogP contribution in [0.2, 0.25) is 0 Å². The number of aromatic nitrogens is 3. The second-order valence-corrected chi connectivity index (χ2v) is 7.17. The van der Waals surface area contributed by atoms with Crippen molar-refractivity contribution in [2.45, 2.75) is 38.6 Å². The van der Waals surface area contributed by atoms with Crippen molar-refractivity contribution in [2.75, 3.05) is 38.1 Å². The average Bonchev–Trinajstić information content (AvgIpc) is 3.10. The first-order valence-electron chi connectivity index (χ1n) is 9.83. The lowest BCUT2D eigenvalue weighted by Gasteiger charge is -2.23. The molecule has 2 aromatic rings. The Morgan fingerprint density at radius 2 is 1.90 bits per heavy atom. The molecule has 1 aliphatic rings. The molecule has 1 aliphatic heterocycles. The zero-order valence-electron chi connectivity index (χ0n) is 17.1. The lowest BCUT2D eigenvalue weighted by atomic mass is 10.1. The van der Waals surface area contributed by atoms with Crippen molar-refractivity contribution in [2.24, 2.45) is 0 Å². The number of amides is 1. The lowest BCUT2D eigenvalue weighted by Crippen LogP contribution is -2.30. The molecule has 0 aliphatic carbocycles. The van der Waals surface area contributed by atoms with E-state index in [4.69, 9.17) is 0 Å². The lowest BCUT2D eigenvalue weighted by molar-refractivity contribution is 0.0947. The summed E-state index contributed by atoms with van der Waals surface area (Å²) in [5, 5.41) is 14.7. The molecular formula is C20H32Cl2N6O. The molecule has 9 heteroatoms. The average molecular weight is 443 g/mol. The van der Waals surface area contributed by atoms with Crippen molar-refractivity contribution in [3.05, 3.63) is 41.7 Å². The number of nitrogens with zero attached hydrogens (tertiary/aromatic N) is 4. The predicted octanol–water partition coefficient (Wildman–Crippen LogP) is 3.00. The smallest absolute Gasteiger partial charge is 0.273 e. The van der Waals surface area contributed by atoms with Crippen LogP contribution in [0.15, 0.2) is 30.3 Å². The van der Waals surface area contributed by atoms with Gasteiger partial charge >= 0.3 is 0 Å². The van der Waals surface area contributed by atoms with E-state index in [1.807, 2.05) is 29.8 Å². The summed E-state index contributed by atoms with van der Waals surface area (Å²) in [6, 6.07) is 10.7. The summed E-state index contributed by atoms with van der Waals surface area (Å²) in [6.45, 7) is 5.53. The Morgan fingerprint density at radius 3 is 2.59 bits per heavy atom. The van der Waals surface area contributed by atoms with Gasteiger partial charge in [0.1, 0.15) is 0 Å². The number of nitrogens with one attached hydrogen (secondary N) is 2. The van der Waals surface area contributed by atoms with Crippen molar-refractivity contribution >= 4 is 36.4 Å². The molecule has 29 heavy (non-hydrogen) atoms. The van der Waals surface area contributed by atoms with Gasteiger partial charge in [-0.2, -0.15) is 0 Å². The molecule has 0 radical (unpaired) electrons. The molecule has 2 heterocycles. The van der Waals surface area contributed by atoms with E-state index in [0.29, 0.717) is 18.3 Å².